The van der Waals surface area contributed by atoms with E-state index in [9.17, 15) is 9.59 Å². The van der Waals surface area contributed by atoms with Gasteiger partial charge in [0.1, 0.15) is 11.9 Å². The van der Waals surface area contributed by atoms with E-state index in [-0.39, 0.29) is 11.7 Å². The van der Waals surface area contributed by atoms with Gasteiger partial charge in [-0.2, -0.15) is 5.26 Å². The average molecular weight is 386 g/mol. The molecule has 0 bridgehead atoms. The number of amides is 2. The largest absolute Gasteiger partial charge is 0.337 e. The summed E-state index contributed by atoms with van der Waals surface area (Å²) in [5.74, 6) is -0.244. The highest BCUT2D eigenvalue weighted by atomic mass is 16.2. The number of aromatic amines is 1. The minimum atomic E-state index is -0.712. The number of hydrogen-bond acceptors (Lipinski definition) is 5. The Balaban J connectivity index is 1.42. The van der Waals surface area contributed by atoms with Crippen LogP contribution in [-0.2, 0) is 17.6 Å². The standard InChI is InChI=1S/C21H18N6O2/c22-12-14-6-8-16-15(10-14)7-9-17(20(28)23-16)24-21(29)19-25-18(26-27-19)11-13-4-2-1-3-5-13/h1-6,8,10,17H,7,9,11H2,(H,23,28)(H,24,29)(H,25,26,27). The van der Waals surface area contributed by atoms with Crippen molar-refractivity contribution in [1.82, 2.24) is 20.5 Å². The van der Waals surface area contributed by atoms with E-state index in [0.29, 0.717) is 36.3 Å². The van der Waals surface area contributed by atoms with Crippen molar-refractivity contribution in [2.24, 2.45) is 0 Å². The highest BCUT2D eigenvalue weighted by Gasteiger charge is 2.27. The summed E-state index contributed by atoms with van der Waals surface area (Å²) in [4.78, 5) is 29.3. The average Bonchev–Trinajstić information content (AvgIpc) is 3.14. The van der Waals surface area contributed by atoms with Gasteiger partial charge in [-0.05, 0) is 42.2 Å². The molecule has 8 nitrogen and oxygen atoms in total. The number of anilines is 1. The highest BCUT2D eigenvalue weighted by molar-refractivity contribution is 6.00. The molecule has 1 aromatic heterocycles. The summed E-state index contributed by atoms with van der Waals surface area (Å²) >= 11 is 0. The molecular weight excluding hydrogens is 368 g/mol. The zero-order valence-corrected chi connectivity index (χ0v) is 15.5. The zero-order valence-electron chi connectivity index (χ0n) is 15.5. The maximum Gasteiger partial charge on any atom is 0.291 e. The van der Waals surface area contributed by atoms with Gasteiger partial charge in [-0.3, -0.25) is 14.7 Å². The van der Waals surface area contributed by atoms with E-state index >= 15 is 0 Å². The van der Waals surface area contributed by atoms with Crippen LogP contribution in [0.2, 0.25) is 0 Å². The molecule has 2 heterocycles. The molecule has 1 atom stereocenters. The van der Waals surface area contributed by atoms with Gasteiger partial charge in [0, 0.05) is 12.1 Å². The minimum Gasteiger partial charge on any atom is -0.337 e. The highest BCUT2D eigenvalue weighted by Crippen LogP contribution is 2.23. The number of nitrogens with one attached hydrogen (secondary N) is 3. The van der Waals surface area contributed by atoms with Crippen LogP contribution < -0.4 is 10.6 Å². The molecule has 3 N–H and O–H groups in total. The first kappa shape index (κ1) is 18.4. The summed E-state index contributed by atoms with van der Waals surface area (Å²) in [6, 6.07) is 16.2. The van der Waals surface area contributed by atoms with Crippen molar-refractivity contribution in [1.29, 1.82) is 5.26 Å². The lowest BCUT2D eigenvalue weighted by Crippen LogP contribution is -2.43. The van der Waals surface area contributed by atoms with Crippen molar-refractivity contribution in [3.05, 3.63) is 76.9 Å². The molecule has 0 spiro atoms. The van der Waals surface area contributed by atoms with Gasteiger partial charge in [0.2, 0.25) is 11.7 Å². The van der Waals surface area contributed by atoms with Gasteiger partial charge in [-0.25, -0.2) is 4.98 Å². The van der Waals surface area contributed by atoms with Crippen molar-refractivity contribution >= 4 is 17.5 Å². The number of carbonyl (C=O) groups is 2. The fraction of sp³-hybridized carbons (Fsp3) is 0.190. The number of hydrogen-bond donors (Lipinski definition) is 3. The van der Waals surface area contributed by atoms with Crippen molar-refractivity contribution in [3.63, 3.8) is 0 Å². The van der Waals surface area contributed by atoms with Gasteiger partial charge in [-0.15, -0.1) is 5.10 Å². The second-order valence-electron chi connectivity index (χ2n) is 6.81. The first-order chi connectivity index (χ1) is 14.1. The maximum atomic E-state index is 12.5. The molecule has 2 amide bonds. The molecule has 1 aliphatic heterocycles. The quantitative estimate of drug-likeness (QED) is 0.632. The maximum absolute atomic E-state index is 12.5. The summed E-state index contributed by atoms with van der Waals surface area (Å²) in [7, 11) is 0. The number of H-pyrrole nitrogens is 1. The van der Waals surface area contributed by atoms with E-state index in [0.717, 1.165) is 11.1 Å². The van der Waals surface area contributed by atoms with Gasteiger partial charge in [0.15, 0.2) is 0 Å². The van der Waals surface area contributed by atoms with E-state index in [1.165, 1.54) is 0 Å². The van der Waals surface area contributed by atoms with E-state index in [4.69, 9.17) is 5.26 Å². The fourth-order valence-corrected chi connectivity index (χ4v) is 3.27. The Morgan fingerprint density at radius 1 is 1.24 bits per heavy atom. The number of nitriles is 1. The molecule has 0 saturated carbocycles. The number of fused-ring (bicyclic) bond motifs is 1. The molecule has 0 radical (unpaired) electrons. The molecular formula is C21H18N6O2. The SMILES string of the molecule is N#Cc1ccc2c(c1)CCC(NC(=O)c1n[nH]c(Cc3ccccc3)n1)C(=O)N2. The Morgan fingerprint density at radius 2 is 2.07 bits per heavy atom. The number of benzene rings is 2. The summed E-state index contributed by atoms with van der Waals surface area (Å²) in [5, 5.41) is 21.3. The van der Waals surface area contributed by atoms with Gasteiger partial charge >= 0.3 is 0 Å². The van der Waals surface area contributed by atoms with Crippen LogP contribution in [0.15, 0.2) is 48.5 Å². The van der Waals surface area contributed by atoms with E-state index in [1.807, 2.05) is 30.3 Å². The minimum absolute atomic E-state index is 0.00254. The third-order valence-corrected chi connectivity index (χ3v) is 4.77. The third kappa shape index (κ3) is 4.14. The van der Waals surface area contributed by atoms with Gasteiger partial charge in [-0.1, -0.05) is 30.3 Å². The smallest absolute Gasteiger partial charge is 0.291 e. The van der Waals surface area contributed by atoms with E-state index in [1.54, 1.807) is 18.2 Å². The molecule has 8 heteroatoms. The van der Waals surface area contributed by atoms with Crippen molar-refractivity contribution in [3.8, 4) is 6.07 Å². The number of nitrogens with zero attached hydrogens (tertiary/aromatic N) is 3. The molecule has 3 aromatic rings. The molecule has 0 aliphatic carbocycles. The first-order valence-electron chi connectivity index (χ1n) is 9.22. The van der Waals surface area contributed by atoms with Crippen molar-refractivity contribution in [2.75, 3.05) is 5.32 Å². The summed E-state index contributed by atoms with van der Waals surface area (Å²) in [6.07, 6.45) is 1.50. The summed E-state index contributed by atoms with van der Waals surface area (Å²) in [5.41, 5.74) is 3.12. The van der Waals surface area contributed by atoms with Crippen LogP contribution in [0.1, 0.15) is 39.6 Å². The zero-order chi connectivity index (χ0) is 20.2. The fourth-order valence-electron chi connectivity index (χ4n) is 3.27. The van der Waals surface area contributed by atoms with Crippen LogP contribution in [0, 0.1) is 11.3 Å². The first-order valence-corrected chi connectivity index (χ1v) is 9.22. The van der Waals surface area contributed by atoms with Crippen molar-refractivity contribution in [2.45, 2.75) is 25.3 Å². The van der Waals surface area contributed by atoms with E-state index < -0.39 is 11.9 Å². The van der Waals surface area contributed by atoms with Gasteiger partial charge in [0.05, 0.1) is 11.6 Å². The number of rotatable bonds is 4. The van der Waals surface area contributed by atoms with Crippen LogP contribution in [0.3, 0.4) is 0 Å². The van der Waals surface area contributed by atoms with Crippen LogP contribution >= 0.6 is 0 Å². The lowest BCUT2D eigenvalue weighted by Gasteiger charge is -2.13. The number of aryl methyl sites for hydroxylation is 1. The molecule has 1 unspecified atom stereocenters. The Labute approximate surface area is 167 Å². The second kappa shape index (κ2) is 7.94. The molecule has 144 valence electrons. The Hall–Kier alpha value is -3.99. The molecule has 1 aliphatic rings. The van der Waals surface area contributed by atoms with Gasteiger partial charge < -0.3 is 10.6 Å². The number of carbonyl (C=O) groups excluding carboxylic acids is 2. The predicted molar refractivity (Wildman–Crippen MR) is 105 cm³/mol. The summed E-state index contributed by atoms with van der Waals surface area (Å²) in [6.45, 7) is 0. The topological polar surface area (TPSA) is 124 Å². The van der Waals surface area contributed by atoms with Gasteiger partial charge in [0.25, 0.3) is 5.91 Å². The monoisotopic (exact) mass is 386 g/mol. The Bertz CT molecular complexity index is 1100. The molecule has 2 aromatic carbocycles. The third-order valence-electron chi connectivity index (χ3n) is 4.77. The normalized spacial score (nSPS) is 15.6. The molecule has 0 fully saturated rings. The Morgan fingerprint density at radius 3 is 2.86 bits per heavy atom. The molecule has 4 rings (SSSR count). The van der Waals surface area contributed by atoms with Crippen LogP contribution in [0.25, 0.3) is 0 Å². The lowest BCUT2D eigenvalue weighted by molar-refractivity contribution is -0.118. The van der Waals surface area contributed by atoms with Crippen LogP contribution in [0.5, 0.6) is 0 Å². The molecule has 0 saturated heterocycles. The molecule has 29 heavy (non-hydrogen) atoms. The van der Waals surface area contributed by atoms with Crippen LogP contribution in [-0.4, -0.2) is 33.0 Å². The van der Waals surface area contributed by atoms with Crippen LogP contribution in [0.4, 0.5) is 5.69 Å². The lowest BCUT2D eigenvalue weighted by atomic mass is 10.0. The summed E-state index contributed by atoms with van der Waals surface area (Å²) < 4.78 is 0. The van der Waals surface area contributed by atoms with E-state index in [2.05, 4.69) is 31.9 Å². The Kier molecular flexibility index (Phi) is 5.03. The number of aromatic nitrogens is 3. The predicted octanol–water partition coefficient (Wildman–Crippen LogP) is 1.95. The van der Waals surface area contributed by atoms with Crippen molar-refractivity contribution < 1.29 is 9.59 Å². The second-order valence-corrected chi connectivity index (χ2v) is 6.81.